The van der Waals surface area contributed by atoms with E-state index in [9.17, 15) is 9.18 Å². The summed E-state index contributed by atoms with van der Waals surface area (Å²) < 4.78 is 19.1. The maximum Gasteiger partial charge on any atom is 0.274 e. The maximum absolute atomic E-state index is 13.0. The number of carbonyl (C=O) groups is 1. The van der Waals surface area contributed by atoms with E-state index in [0.29, 0.717) is 44.4 Å². The Morgan fingerprint density at radius 1 is 1.08 bits per heavy atom. The second kappa shape index (κ2) is 6.91. The zero-order chi connectivity index (χ0) is 18.0. The van der Waals surface area contributed by atoms with Crippen molar-refractivity contribution in [2.24, 2.45) is 0 Å². The third-order valence-electron chi connectivity index (χ3n) is 4.88. The molecular weight excluding hydrogens is 339 g/mol. The summed E-state index contributed by atoms with van der Waals surface area (Å²) in [5.74, 6) is -0.0503. The van der Waals surface area contributed by atoms with Crippen molar-refractivity contribution in [2.75, 3.05) is 37.7 Å². The lowest BCUT2D eigenvalue weighted by molar-refractivity contribution is -0.111. The molecule has 0 aliphatic carbocycles. The summed E-state index contributed by atoms with van der Waals surface area (Å²) in [5, 5.41) is 0. The number of carbonyl (C=O) groups excluding carboxylic acids is 1. The van der Waals surface area contributed by atoms with Crippen molar-refractivity contribution < 1.29 is 13.9 Å². The number of anilines is 1. The first-order chi connectivity index (χ1) is 12.7. The number of piperidine rings is 1. The Labute approximate surface area is 150 Å². The molecule has 0 unspecified atom stereocenters. The summed E-state index contributed by atoms with van der Waals surface area (Å²) >= 11 is 0. The number of hydrogen-bond donors (Lipinski definition) is 0. The van der Waals surface area contributed by atoms with Gasteiger partial charge in [-0.2, -0.15) is 0 Å². The number of ether oxygens (including phenoxy) is 1. The van der Waals surface area contributed by atoms with Crippen LogP contribution in [0.4, 0.5) is 10.3 Å². The number of aromatic nitrogens is 4. The molecule has 9 heteroatoms. The SMILES string of the molecule is O=C(c1cnccn1)N1CCOC2(CCN(c3ncc(F)cn3)CC2)C1. The molecule has 1 spiro atoms. The highest BCUT2D eigenvalue weighted by atomic mass is 19.1. The molecule has 136 valence electrons. The van der Waals surface area contributed by atoms with E-state index in [0.717, 1.165) is 12.8 Å². The highest BCUT2D eigenvalue weighted by Crippen LogP contribution is 2.31. The summed E-state index contributed by atoms with van der Waals surface area (Å²) in [6.07, 6.45) is 8.39. The van der Waals surface area contributed by atoms with Crippen LogP contribution in [0.25, 0.3) is 0 Å². The molecule has 4 heterocycles. The van der Waals surface area contributed by atoms with Crippen molar-refractivity contribution in [3.05, 3.63) is 42.5 Å². The number of amides is 1. The average molecular weight is 358 g/mol. The van der Waals surface area contributed by atoms with Gasteiger partial charge in [0.25, 0.3) is 5.91 Å². The van der Waals surface area contributed by atoms with Crippen molar-refractivity contribution in [3.8, 4) is 0 Å². The lowest BCUT2D eigenvalue weighted by Gasteiger charge is -2.47. The molecule has 2 fully saturated rings. The first kappa shape index (κ1) is 16.8. The molecule has 2 aromatic heterocycles. The van der Waals surface area contributed by atoms with E-state index >= 15 is 0 Å². The lowest BCUT2D eigenvalue weighted by atomic mass is 9.89. The van der Waals surface area contributed by atoms with Gasteiger partial charge in [0.1, 0.15) is 5.69 Å². The molecule has 0 radical (unpaired) electrons. The van der Waals surface area contributed by atoms with E-state index < -0.39 is 5.82 Å². The summed E-state index contributed by atoms with van der Waals surface area (Å²) in [4.78, 5) is 32.6. The largest absolute Gasteiger partial charge is 0.371 e. The Kier molecular flexibility index (Phi) is 4.46. The third kappa shape index (κ3) is 3.34. The van der Waals surface area contributed by atoms with Crippen molar-refractivity contribution in [1.82, 2.24) is 24.8 Å². The second-order valence-electron chi connectivity index (χ2n) is 6.54. The molecule has 2 aliphatic rings. The Hall–Kier alpha value is -2.68. The molecule has 8 nitrogen and oxygen atoms in total. The second-order valence-corrected chi connectivity index (χ2v) is 6.54. The quantitative estimate of drug-likeness (QED) is 0.789. The summed E-state index contributed by atoms with van der Waals surface area (Å²) in [6.45, 7) is 2.96. The van der Waals surface area contributed by atoms with Crippen LogP contribution >= 0.6 is 0 Å². The minimum atomic E-state index is -0.448. The Morgan fingerprint density at radius 2 is 1.85 bits per heavy atom. The third-order valence-corrected chi connectivity index (χ3v) is 4.88. The predicted octanol–water partition coefficient (Wildman–Crippen LogP) is 0.917. The maximum atomic E-state index is 13.0. The number of halogens is 1. The Morgan fingerprint density at radius 3 is 2.54 bits per heavy atom. The van der Waals surface area contributed by atoms with Gasteiger partial charge in [0.05, 0.1) is 37.3 Å². The van der Waals surface area contributed by atoms with E-state index in [-0.39, 0.29) is 11.5 Å². The molecule has 2 aromatic rings. The normalized spacial score (nSPS) is 19.6. The van der Waals surface area contributed by atoms with Gasteiger partial charge < -0.3 is 14.5 Å². The minimum absolute atomic E-state index is 0.120. The molecule has 0 bridgehead atoms. The molecule has 0 aromatic carbocycles. The van der Waals surface area contributed by atoms with E-state index in [4.69, 9.17) is 4.74 Å². The van der Waals surface area contributed by atoms with Crippen LogP contribution in [-0.2, 0) is 4.74 Å². The predicted molar refractivity (Wildman–Crippen MR) is 90.1 cm³/mol. The number of morpholine rings is 1. The van der Waals surface area contributed by atoms with Crippen LogP contribution in [0.2, 0.25) is 0 Å². The van der Waals surface area contributed by atoms with Crippen molar-refractivity contribution in [1.29, 1.82) is 0 Å². The van der Waals surface area contributed by atoms with Crippen LogP contribution < -0.4 is 4.90 Å². The molecule has 1 amide bonds. The summed E-state index contributed by atoms with van der Waals surface area (Å²) in [5.41, 5.74) is -0.0196. The van der Waals surface area contributed by atoms with E-state index in [1.807, 2.05) is 4.90 Å². The monoisotopic (exact) mass is 358 g/mol. The zero-order valence-corrected chi connectivity index (χ0v) is 14.2. The fourth-order valence-corrected chi connectivity index (χ4v) is 3.48. The van der Waals surface area contributed by atoms with Gasteiger partial charge in [-0.15, -0.1) is 0 Å². The Balaban J connectivity index is 1.42. The summed E-state index contributed by atoms with van der Waals surface area (Å²) in [7, 11) is 0. The molecule has 2 aliphatic heterocycles. The van der Waals surface area contributed by atoms with Gasteiger partial charge in [-0.05, 0) is 12.8 Å². The molecule has 2 saturated heterocycles. The summed E-state index contributed by atoms with van der Waals surface area (Å²) in [6, 6.07) is 0. The number of rotatable bonds is 2. The standard InChI is InChI=1S/C17H19FN6O2/c18-13-9-21-16(22-10-13)23-5-1-17(2-6-23)12-24(7-8-26-17)15(25)14-11-19-3-4-20-14/h3-4,9-11H,1-2,5-8,12H2. The van der Waals surface area contributed by atoms with Gasteiger partial charge in [0, 0.05) is 32.0 Å². The van der Waals surface area contributed by atoms with Gasteiger partial charge in [-0.1, -0.05) is 0 Å². The average Bonchev–Trinajstić information content (AvgIpc) is 2.70. The first-order valence-electron chi connectivity index (χ1n) is 8.57. The molecular formula is C17H19FN6O2. The van der Waals surface area contributed by atoms with Gasteiger partial charge in [0.2, 0.25) is 5.95 Å². The van der Waals surface area contributed by atoms with Gasteiger partial charge in [0.15, 0.2) is 5.82 Å². The lowest BCUT2D eigenvalue weighted by Crippen LogP contribution is -2.58. The zero-order valence-electron chi connectivity index (χ0n) is 14.2. The molecule has 26 heavy (non-hydrogen) atoms. The first-order valence-corrected chi connectivity index (χ1v) is 8.57. The van der Waals surface area contributed by atoms with Crippen LogP contribution in [0.5, 0.6) is 0 Å². The molecule has 0 atom stereocenters. The Bertz CT molecular complexity index is 765. The fraction of sp³-hybridized carbons (Fsp3) is 0.471. The van der Waals surface area contributed by atoms with Crippen LogP contribution in [0.15, 0.2) is 31.0 Å². The van der Waals surface area contributed by atoms with E-state index in [1.54, 1.807) is 11.1 Å². The number of nitrogens with zero attached hydrogens (tertiary/aromatic N) is 6. The van der Waals surface area contributed by atoms with Crippen LogP contribution in [0.1, 0.15) is 23.3 Å². The van der Waals surface area contributed by atoms with Crippen LogP contribution in [0.3, 0.4) is 0 Å². The van der Waals surface area contributed by atoms with Crippen molar-refractivity contribution >= 4 is 11.9 Å². The van der Waals surface area contributed by atoms with Crippen molar-refractivity contribution in [3.63, 3.8) is 0 Å². The van der Waals surface area contributed by atoms with E-state index in [1.165, 1.54) is 24.8 Å². The van der Waals surface area contributed by atoms with Crippen LogP contribution in [-0.4, -0.2) is 69.1 Å². The molecule has 0 N–H and O–H groups in total. The van der Waals surface area contributed by atoms with Gasteiger partial charge in [-0.25, -0.2) is 19.3 Å². The number of hydrogen-bond acceptors (Lipinski definition) is 7. The topological polar surface area (TPSA) is 84.3 Å². The fourth-order valence-electron chi connectivity index (χ4n) is 3.48. The van der Waals surface area contributed by atoms with Gasteiger partial charge >= 0.3 is 0 Å². The van der Waals surface area contributed by atoms with Crippen LogP contribution in [0, 0.1) is 5.82 Å². The molecule has 0 saturated carbocycles. The highest BCUT2D eigenvalue weighted by molar-refractivity contribution is 5.92. The highest BCUT2D eigenvalue weighted by Gasteiger charge is 2.41. The molecule has 4 rings (SSSR count). The van der Waals surface area contributed by atoms with E-state index in [2.05, 4.69) is 19.9 Å². The van der Waals surface area contributed by atoms with Crippen molar-refractivity contribution in [2.45, 2.75) is 18.4 Å². The van der Waals surface area contributed by atoms with Gasteiger partial charge in [-0.3, -0.25) is 9.78 Å². The minimum Gasteiger partial charge on any atom is -0.371 e. The smallest absolute Gasteiger partial charge is 0.274 e.